The number of allylic oxidation sites excluding steroid dienone is 2. The summed E-state index contributed by atoms with van der Waals surface area (Å²) in [6.07, 6.45) is 24.9. The van der Waals surface area contributed by atoms with Gasteiger partial charge < -0.3 is 0 Å². The van der Waals surface area contributed by atoms with Crippen molar-refractivity contribution >= 4 is 11.6 Å². The van der Waals surface area contributed by atoms with Crippen molar-refractivity contribution in [2.24, 2.45) is 29.6 Å². The fraction of sp³-hybridized carbons (Fsp3) is 0.750. The van der Waals surface area contributed by atoms with Crippen molar-refractivity contribution in [1.29, 1.82) is 0 Å². The molecule has 3 aliphatic rings. The van der Waals surface area contributed by atoms with E-state index < -0.39 is 22.6 Å². The van der Waals surface area contributed by atoms with E-state index in [-0.39, 0.29) is 5.92 Å². The third kappa shape index (κ3) is 7.99. The maximum Gasteiger partial charge on any atom is 0.353 e. The highest BCUT2D eigenvalue weighted by atomic mass is 35.5. The molecule has 37 heavy (non-hydrogen) atoms. The van der Waals surface area contributed by atoms with Crippen molar-refractivity contribution in [2.75, 3.05) is 0 Å². The van der Waals surface area contributed by atoms with Crippen LogP contribution >= 0.6 is 11.6 Å². The zero-order valence-corrected chi connectivity index (χ0v) is 23.2. The Morgan fingerprint density at radius 1 is 0.730 bits per heavy atom. The predicted octanol–water partition coefficient (Wildman–Crippen LogP) is 11.3. The summed E-state index contributed by atoms with van der Waals surface area (Å²) in [6, 6.07) is 2.14. The van der Waals surface area contributed by atoms with Gasteiger partial charge in [0.05, 0.1) is 0 Å². The fourth-order valence-corrected chi connectivity index (χ4v) is 7.93. The molecule has 1 aromatic rings. The highest BCUT2D eigenvalue weighted by molar-refractivity contribution is 6.21. The summed E-state index contributed by atoms with van der Waals surface area (Å²) in [5.41, 5.74) is -0.843. The fourth-order valence-electron chi connectivity index (χ4n) is 7.75. The maximum absolute atomic E-state index is 14.2. The van der Waals surface area contributed by atoms with Crippen LogP contribution in [0.25, 0.3) is 0 Å². The van der Waals surface area contributed by atoms with Crippen molar-refractivity contribution in [1.82, 2.24) is 0 Å². The Kier molecular flexibility index (Phi) is 10.5. The van der Waals surface area contributed by atoms with E-state index in [1.165, 1.54) is 77.0 Å². The van der Waals surface area contributed by atoms with E-state index in [1.807, 2.05) is 0 Å². The summed E-state index contributed by atoms with van der Waals surface area (Å²) in [7, 11) is 0. The first-order valence-electron chi connectivity index (χ1n) is 14.9. The van der Waals surface area contributed by atoms with Crippen LogP contribution in [0.2, 0.25) is 0 Å². The first kappa shape index (κ1) is 29.0. The number of hydrogen-bond acceptors (Lipinski definition) is 0. The predicted molar refractivity (Wildman–Crippen MR) is 145 cm³/mol. The van der Waals surface area contributed by atoms with Crippen molar-refractivity contribution in [3.8, 4) is 0 Å². The molecule has 0 aliphatic heterocycles. The smallest absolute Gasteiger partial charge is 0.206 e. The Bertz CT molecular complexity index is 844. The number of halogens is 5. The molecule has 0 nitrogen and oxygen atoms in total. The Balaban J connectivity index is 1.15. The summed E-state index contributed by atoms with van der Waals surface area (Å²) in [5, 5.41) is -4.03. The number of benzene rings is 1. The Labute approximate surface area is 226 Å². The molecule has 0 unspecified atom stereocenters. The molecule has 4 rings (SSSR count). The van der Waals surface area contributed by atoms with Crippen LogP contribution in [0.3, 0.4) is 0 Å². The van der Waals surface area contributed by atoms with Crippen LogP contribution in [0.4, 0.5) is 17.6 Å². The van der Waals surface area contributed by atoms with Gasteiger partial charge in [0.15, 0.2) is 0 Å². The summed E-state index contributed by atoms with van der Waals surface area (Å²) < 4.78 is 55.1. The van der Waals surface area contributed by atoms with Crippen LogP contribution in [-0.4, -0.2) is 0 Å². The first-order valence-corrected chi connectivity index (χ1v) is 15.3. The van der Waals surface area contributed by atoms with Crippen molar-refractivity contribution in [3.05, 3.63) is 47.0 Å². The van der Waals surface area contributed by atoms with Crippen LogP contribution in [0, 0.1) is 41.2 Å². The lowest BCUT2D eigenvalue weighted by Crippen LogP contribution is -2.26. The van der Waals surface area contributed by atoms with Crippen molar-refractivity contribution in [3.63, 3.8) is 0 Å². The molecule has 0 spiro atoms. The minimum Gasteiger partial charge on any atom is -0.206 e. The normalized spacial score (nSPS) is 31.6. The van der Waals surface area contributed by atoms with Gasteiger partial charge in [0.1, 0.15) is 17.2 Å². The largest absolute Gasteiger partial charge is 0.353 e. The van der Waals surface area contributed by atoms with Gasteiger partial charge in [-0.15, -0.1) is 0 Å². The van der Waals surface area contributed by atoms with Crippen LogP contribution < -0.4 is 0 Å². The second kappa shape index (κ2) is 13.4. The minimum absolute atomic E-state index is 0.0350. The molecular formula is C32H45ClF4. The van der Waals surface area contributed by atoms with Crippen LogP contribution in [-0.2, 0) is 5.38 Å². The van der Waals surface area contributed by atoms with Gasteiger partial charge in [-0.2, -0.15) is 8.78 Å². The quantitative estimate of drug-likeness (QED) is 0.166. The standard InChI is InChI=1S/C32H45ClF4/c1-2-3-4-5-22-6-8-23(9-7-22)10-11-24-12-14-25(15-13-24)26-16-18-27(19-17-26)28-20-29(34)31(30(35)21-28)32(33,36)37/h2-3,20-27H,4-19H2,1H3. The highest BCUT2D eigenvalue weighted by Crippen LogP contribution is 2.46. The highest BCUT2D eigenvalue weighted by Gasteiger charge is 2.37. The summed E-state index contributed by atoms with van der Waals surface area (Å²) in [6.45, 7) is 2.11. The van der Waals surface area contributed by atoms with Crippen molar-refractivity contribution in [2.45, 2.75) is 121 Å². The average molecular weight is 541 g/mol. The third-order valence-corrected chi connectivity index (χ3v) is 10.3. The van der Waals surface area contributed by atoms with E-state index in [9.17, 15) is 17.6 Å². The molecule has 0 N–H and O–H groups in total. The van der Waals surface area contributed by atoms with E-state index in [0.717, 1.165) is 61.5 Å². The van der Waals surface area contributed by atoms with Gasteiger partial charge in [-0.3, -0.25) is 0 Å². The molecule has 0 saturated heterocycles. The van der Waals surface area contributed by atoms with Crippen LogP contribution in [0.1, 0.15) is 127 Å². The van der Waals surface area contributed by atoms with Crippen LogP contribution in [0.5, 0.6) is 0 Å². The SMILES string of the molecule is CC=CCCC1CCC(CCC2CCC(C3CCC(c4cc(F)c(C(F)(F)Cl)c(F)c4)CC3)CC2)CC1. The lowest BCUT2D eigenvalue weighted by Gasteiger charge is -2.38. The van der Waals surface area contributed by atoms with Crippen LogP contribution in [0.15, 0.2) is 24.3 Å². The molecule has 0 bridgehead atoms. The number of rotatable bonds is 9. The van der Waals surface area contributed by atoms with E-state index >= 15 is 0 Å². The molecule has 5 heteroatoms. The second-order valence-electron chi connectivity index (χ2n) is 12.4. The molecule has 208 valence electrons. The Morgan fingerprint density at radius 2 is 1.16 bits per heavy atom. The van der Waals surface area contributed by atoms with E-state index in [0.29, 0.717) is 11.5 Å². The Morgan fingerprint density at radius 3 is 1.62 bits per heavy atom. The molecule has 3 fully saturated rings. The zero-order chi connectivity index (χ0) is 26.4. The van der Waals surface area contributed by atoms with Crippen molar-refractivity contribution < 1.29 is 17.6 Å². The lowest BCUT2D eigenvalue weighted by molar-refractivity contribution is 0.0857. The Hall–Kier alpha value is -1.03. The average Bonchev–Trinajstić information content (AvgIpc) is 2.87. The topological polar surface area (TPSA) is 0 Å². The van der Waals surface area contributed by atoms with Gasteiger partial charge in [0.25, 0.3) is 0 Å². The molecule has 0 aromatic heterocycles. The number of alkyl halides is 3. The second-order valence-corrected chi connectivity index (χ2v) is 12.8. The molecule has 0 radical (unpaired) electrons. The molecule has 3 aliphatic carbocycles. The molecule has 0 amide bonds. The van der Waals surface area contributed by atoms with Gasteiger partial charge in [0, 0.05) is 0 Å². The summed E-state index contributed by atoms with van der Waals surface area (Å²) in [4.78, 5) is 0. The number of hydrogen-bond donors (Lipinski definition) is 0. The zero-order valence-electron chi connectivity index (χ0n) is 22.5. The first-order chi connectivity index (χ1) is 17.7. The van der Waals surface area contributed by atoms with Gasteiger partial charge in [-0.1, -0.05) is 63.5 Å². The summed E-state index contributed by atoms with van der Waals surface area (Å²) >= 11 is 4.89. The third-order valence-electron chi connectivity index (χ3n) is 10.1. The monoisotopic (exact) mass is 540 g/mol. The lowest BCUT2D eigenvalue weighted by atomic mass is 9.67. The minimum atomic E-state index is -4.03. The molecular weight excluding hydrogens is 496 g/mol. The van der Waals surface area contributed by atoms with Gasteiger partial charge >= 0.3 is 5.38 Å². The summed E-state index contributed by atoms with van der Waals surface area (Å²) in [5.74, 6) is 1.81. The van der Waals surface area contributed by atoms with E-state index in [4.69, 9.17) is 11.6 Å². The molecule has 0 heterocycles. The van der Waals surface area contributed by atoms with Gasteiger partial charge in [0.2, 0.25) is 0 Å². The van der Waals surface area contributed by atoms with Gasteiger partial charge in [-0.25, -0.2) is 8.78 Å². The molecule has 1 aromatic carbocycles. The van der Waals surface area contributed by atoms with E-state index in [1.54, 1.807) is 0 Å². The molecule has 3 saturated carbocycles. The maximum atomic E-state index is 14.2. The van der Waals surface area contributed by atoms with Gasteiger partial charge in [-0.05, 0) is 123 Å². The van der Waals surface area contributed by atoms with E-state index in [2.05, 4.69) is 19.1 Å². The molecule has 0 atom stereocenters.